The number of amides is 1. The molecule has 3 N–H and O–H groups in total. The zero-order chi connectivity index (χ0) is 15.6. The topological polar surface area (TPSA) is 55.1 Å². The average molecular weight is 290 g/mol. The van der Waals surface area contributed by atoms with Crippen molar-refractivity contribution in [1.82, 2.24) is 0 Å². The summed E-state index contributed by atoms with van der Waals surface area (Å²) in [4.78, 5) is 12.4. The third-order valence-corrected chi connectivity index (χ3v) is 3.32. The van der Waals surface area contributed by atoms with Gasteiger partial charge in [-0.25, -0.2) is 8.78 Å². The molecule has 2 rings (SSSR count). The molecule has 0 atom stereocenters. The summed E-state index contributed by atoms with van der Waals surface area (Å²) in [6, 6.07) is 9.79. The van der Waals surface area contributed by atoms with Crippen LogP contribution in [0.3, 0.4) is 0 Å². The molecule has 0 radical (unpaired) electrons. The number of hydrogen-bond donors (Lipinski definition) is 2. The van der Waals surface area contributed by atoms with Crippen molar-refractivity contribution in [2.24, 2.45) is 0 Å². The number of benzene rings is 2. The number of nitrogens with two attached hydrogens (primary N) is 1. The lowest BCUT2D eigenvalue weighted by molar-refractivity contribution is -0.120. The van der Waals surface area contributed by atoms with E-state index >= 15 is 0 Å². The molecule has 0 aliphatic carbocycles. The second-order valence-corrected chi connectivity index (χ2v) is 5.36. The van der Waals surface area contributed by atoms with E-state index < -0.39 is 17.0 Å². The molecule has 0 aromatic heterocycles. The first-order valence-corrected chi connectivity index (χ1v) is 6.42. The van der Waals surface area contributed by atoms with Gasteiger partial charge in [-0.05, 0) is 43.7 Å². The van der Waals surface area contributed by atoms with E-state index in [0.717, 1.165) is 23.8 Å². The number of rotatable bonds is 3. The normalized spacial score (nSPS) is 11.2. The van der Waals surface area contributed by atoms with Crippen LogP contribution in [0, 0.1) is 11.6 Å². The zero-order valence-electron chi connectivity index (χ0n) is 11.8. The highest BCUT2D eigenvalue weighted by molar-refractivity contribution is 5.98. The van der Waals surface area contributed by atoms with E-state index in [-0.39, 0.29) is 11.6 Å². The number of anilines is 2. The summed E-state index contributed by atoms with van der Waals surface area (Å²) in [6.45, 7) is 3.45. The average Bonchev–Trinajstić information content (AvgIpc) is 2.37. The Hall–Kier alpha value is -2.43. The van der Waals surface area contributed by atoms with Crippen LogP contribution in [0.15, 0.2) is 42.5 Å². The van der Waals surface area contributed by atoms with Crippen LogP contribution in [0.1, 0.15) is 19.4 Å². The predicted molar refractivity (Wildman–Crippen MR) is 78.9 cm³/mol. The van der Waals surface area contributed by atoms with Gasteiger partial charge in [0, 0.05) is 17.4 Å². The smallest absolute Gasteiger partial charge is 0.234 e. The number of nitrogen functional groups attached to an aromatic ring is 1. The molecule has 0 unspecified atom stereocenters. The van der Waals surface area contributed by atoms with Crippen LogP contribution in [0.25, 0.3) is 0 Å². The van der Waals surface area contributed by atoms with Crippen molar-refractivity contribution in [3.05, 3.63) is 59.7 Å². The van der Waals surface area contributed by atoms with Gasteiger partial charge in [-0.2, -0.15) is 0 Å². The fourth-order valence-corrected chi connectivity index (χ4v) is 1.94. The molecule has 0 spiro atoms. The van der Waals surface area contributed by atoms with Crippen LogP contribution in [-0.4, -0.2) is 5.91 Å². The van der Waals surface area contributed by atoms with Gasteiger partial charge in [0.15, 0.2) is 0 Å². The Labute approximate surface area is 121 Å². The first kappa shape index (κ1) is 15.0. The lowest BCUT2D eigenvalue weighted by Crippen LogP contribution is -2.34. The van der Waals surface area contributed by atoms with Crippen LogP contribution in [0.5, 0.6) is 0 Å². The van der Waals surface area contributed by atoms with Crippen LogP contribution >= 0.6 is 0 Å². The SMILES string of the molecule is CC(C)(C(=O)Nc1cc(F)cc(F)c1)c1ccc(N)cc1. The van der Waals surface area contributed by atoms with Crippen molar-refractivity contribution in [2.45, 2.75) is 19.3 Å². The van der Waals surface area contributed by atoms with E-state index in [1.54, 1.807) is 38.1 Å². The van der Waals surface area contributed by atoms with Crippen LogP contribution in [-0.2, 0) is 10.2 Å². The van der Waals surface area contributed by atoms with E-state index in [1.165, 1.54) is 0 Å². The highest BCUT2D eigenvalue weighted by Crippen LogP contribution is 2.26. The first-order valence-electron chi connectivity index (χ1n) is 6.42. The van der Waals surface area contributed by atoms with Crippen molar-refractivity contribution < 1.29 is 13.6 Å². The van der Waals surface area contributed by atoms with Crippen molar-refractivity contribution >= 4 is 17.3 Å². The monoisotopic (exact) mass is 290 g/mol. The quantitative estimate of drug-likeness (QED) is 0.850. The van der Waals surface area contributed by atoms with Gasteiger partial charge in [-0.1, -0.05) is 12.1 Å². The standard InChI is InChI=1S/C16H16F2N2O/c1-16(2,10-3-5-13(19)6-4-10)15(21)20-14-8-11(17)7-12(18)9-14/h3-9H,19H2,1-2H3,(H,20,21). The number of halogens is 2. The number of carbonyl (C=O) groups excluding carboxylic acids is 1. The Morgan fingerprint density at radius 2 is 1.57 bits per heavy atom. The van der Waals surface area contributed by atoms with E-state index in [0.29, 0.717) is 5.69 Å². The Kier molecular flexibility index (Phi) is 3.93. The van der Waals surface area contributed by atoms with Gasteiger partial charge in [0.25, 0.3) is 0 Å². The van der Waals surface area contributed by atoms with E-state index in [4.69, 9.17) is 5.73 Å². The highest BCUT2D eigenvalue weighted by Gasteiger charge is 2.29. The number of nitrogens with one attached hydrogen (secondary N) is 1. The summed E-state index contributed by atoms with van der Waals surface area (Å²) in [5, 5.41) is 2.53. The van der Waals surface area contributed by atoms with Crippen molar-refractivity contribution in [2.75, 3.05) is 11.1 Å². The molecule has 110 valence electrons. The molecule has 0 aliphatic rings. The number of hydrogen-bond acceptors (Lipinski definition) is 2. The second kappa shape index (κ2) is 5.52. The minimum Gasteiger partial charge on any atom is -0.399 e. The molecule has 1 amide bonds. The maximum absolute atomic E-state index is 13.1. The fourth-order valence-electron chi connectivity index (χ4n) is 1.94. The van der Waals surface area contributed by atoms with Crippen LogP contribution in [0.2, 0.25) is 0 Å². The van der Waals surface area contributed by atoms with Gasteiger partial charge < -0.3 is 11.1 Å². The first-order chi connectivity index (χ1) is 9.79. The summed E-state index contributed by atoms with van der Waals surface area (Å²) in [7, 11) is 0. The summed E-state index contributed by atoms with van der Waals surface area (Å²) in [6.07, 6.45) is 0. The van der Waals surface area contributed by atoms with Gasteiger partial charge in [0.2, 0.25) is 5.91 Å². The summed E-state index contributed by atoms with van der Waals surface area (Å²) >= 11 is 0. The summed E-state index contributed by atoms with van der Waals surface area (Å²) in [5.74, 6) is -1.84. The molecule has 0 aliphatic heterocycles. The highest BCUT2D eigenvalue weighted by atomic mass is 19.1. The van der Waals surface area contributed by atoms with Gasteiger partial charge >= 0.3 is 0 Å². The Balaban J connectivity index is 2.23. The molecule has 0 heterocycles. The van der Waals surface area contributed by atoms with E-state index in [2.05, 4.69) is 5.32 Å². The van der Waals surface area contributed by atoms with Crippen LogP contribution in [0.4, 0.5) is 20.2 Å². The van der Waals surface area contributed by atoms with E-state index in [1.807, 2.05) is 0 Å². The van der Waals surface area contributed by atoms with E-state index in [9.17, 15) is 13.6 Å². The van der Waals surface area contributed by atoms with Crippen molar-refractivity contribution in [1.29, 1.82) is 0 Å². The largest absolute Gasteiger partial charge is 0.399 e. The predicted octanol–water partition coefficient (Wildman–Crippen LogP) is 3.46. The molecule has 0 saturated heterocycles. The van der Waals surface area contributed by atoms with Crippen molar-refractivity contribution in [3.63, 3.8) is 0 Å². The maximum Gasteiger partial charge on any atom is 0.234 e. The maximum atomic E-state index is 13.1. The van der Waals surface area contributed by atoms with Gasteiger partial charge in [0.1, 0.15) is 11.6 Å². The molecular weight excluding hydrogens is 274 g/mol. The minimum atomic E-state index is -0.865. The Morgan fingerprint density at radius 3 is 2.10 bits per heavy atom. The molecule has 2 aromatic rings. The van der Waals surface area contributed by atoms with Crippen molar-refractivity contribution in [3.8, 4) is 0 Å². The Bertz CT molecular complexity index is 646. The van der Waals surface area contributed by atoms with Crippen LogP contribution < -0.4 is 11.1 Å². The third kappa shape index (κ3) is 3.37. The third-order valence-electron chi connectivity index (χ3n) is 3.32. The molecule has 0 fully saturated rings. The fraction of sp³-hybridized carbons (Fsp3) is 0.188. The molecular formula is C16H16F2N2O. The number of carbonyl (C=O) groups is 1. The molecule has 0 bridgehead atoms. The molecule has 21 heavy (non-hydrogen) atoms. The zero-order valence-corrected chi connectivity index (χ0v) is 11.8. The van der Waals surface area contributed by atoms with Gasteiger partial charge in [0.05, 0.1) is 5.41 Å². The summed E-state index contributed by atoms with van der Waals surface area (Å²) in [5.41, 5.74) is 6.19. The minimum absolute atomic E-state index is 0.0843. The summed E-state index contributed by atoms with van der Waals surface area (Å²) < 4.78 is 26.3. The molecule has 0 saturated carbocycles. The lowest BCUT2D eigenvalue weighted by Gasteiger charge is -2.24. The Morgan fingerprint density at radius 1 is 1.05 bits per heavy atom. The van der Waals surface area contributed by atoms with Gasteiger partial charge in [-0.3, -0.25) is 4.79 Å². The lowest BCUT2D eigenvalue weighted by atomic mass is 9.83. The molecule has 3 nitrogen and oxygen atoms in total. The molecule has 5 heteroatoms. The second-order valence-electron chi connectivity index (χ2n) is 5.36. The van der Waals surface area contributed by atoms with Gasteiger partial charge in [-0.15, -0.1) is 0 Å². The molecule has 2 aromatic carbocycles.